The second kappa shape index (κ2) is 5.48. The van der Waals surface area contributed by atoms with Crippen LogP contribution in [0.2, 0.25) is 0 Å². The lowest BCUT2D eigenvalue weighted by Crippen LogP contribution is -2.52. The molecule has 0 bridgehead atoms. The molecule has 0 aliphatic carbocycles. The minimum atomic E-state index is 0.364. The van der Waals surface area contributed by atoms with Crippen LogP contribution in [-0.2, 0) is 4.74 Å². The molecule has 0 aromatic heterocycles. The lowest BCUT2D eigenvalue weighted by atomic mass is 9.79. The van der Waals surface area contributed by atoms with Gasteiger partial charge in [0.1, 0.15) is 0 Å². The number of morpholine rings is 1. The van der Waals surface area contributed by atoms with Crippen LogP contribution in [-0.4, -0.2) is 61.3 Å². The minimum Gasteiger partial charge on any atom is -0.378 e. The molecule has 2 rings (SSSR count). The molecule has 0 radical (unpaired) electrons. The molecule has 2 fully saturated rings. The highest BCUT2D eigenvalue weighted by atomic mass is 16.5. The molecular formula is C15H30N2O. The summed E-state index contributed by atoms with van der Waals surface area (Å²) in [6.07, 6.45) is 3.97. The van der Waals surface area contributed by atoms with E-state index in [0.29, 0.717) is 17.6 Å². The van der Waals surface area contributed by atoms with Gasteiger partial charge in [0, 0.05) is 17.6 Å². The number of nitrogens with zero attached hydrogens (tertiary/aromatic N) is 2. The first kappa shape index (κ1) is 14.3. The van der Waals surface area contributed by atoms with Gasteiger partial charge in [-0.1, -0.05) is 0 Å². The van der Waals surface area contributed by atoms with Crippen molar-refractivity contribution in [3.63, 3.8) is 0 Å². The first-order chi connectivity index (χ1) is 8.40. The van der Waals surface area contributed by atoms with Crippen LogP contribution in [0, 0.1) is 5.92 Å². The Morgan fingerprint density at radius 1 is 1.22 bits per heavy atom. The second-order valence-corrected chi connectivity index (χ2v) is 7.03. The first-order valence-corrected chi connectivity index (χ1v) is 7.41. The quantitative estimate of drug-likeness (QED) is 0.751. The Morgan fingerprint density at radius 2 is 1.94 bits per heavy atom. The molecule has 0 N–H and O–H groups in total. The Morgan fingerprint density at radius 3 is 2.61 bits per heavy atom. The van der Waals surface area contributed by atoms with Crippen LogP contribution in [0.3, 0.4) is 0 Å². The molecule has 0 amide bonds. The van der Waals surface area contributed by atoms with Crippen LogP contribution in [0.25, 0.3) is 0 Å². The van der Waals surface area contributed by atoms with E-state index in [1.807, 2.05) is 0 Å². The monoisotopic (exact) mass is 254 g/mol. The Bertz CT molecular complexity index is 280. The summed E-state index contributed by atoms with van der Waals surface area (Å²) in [6, 6.07) is 1.20. The number of hydrogen-bond donors (Lipinski definition) is 0. The molecule has 3 heteroatoms. The lowest BCUT2D eigenvalue weighted by Gasteiger charge is -2.46. The first-order valence-electron chi connectivity index (χ1n) is 7.41. The summed E-state index contributed by atoms with van der Waals surface area (Å²) >= 11 is 0. The van der Waals surface area contributed by atoms with Crippen molar-refractivity contribution in [2.45, 2.75) is 57.7 Å². The molecule has 2 aliphatic heterocycles. The van der Waals surface area contributed by atoms with Crippen molar-refractivity contribution in [2.24, 2.45) is 5.92 Å². The Balaban J connectivity index is 1.90. The van der Waals surface area contributed by atoms with Crippen molar-refractivity contribution in [3.05, 3.63) is 0 Å². The van der Waals surface area contributed by atoms with E-state index in [1.54, 1.807) is 0 Å². The molecule has 3 nitrogen and oxygen atoms in total. The molecule has 0 saturated carbocycles. The standard InChI is InChI=1S/C15H30N2O/c1-12-10-18-11-14(17(12)5)8-13-6-7-16(4)15(2,3)9-13/h12-14H,6-11H2,1-5H3/t12-,13?,14?/m0/s1. The fourth-order valence-corrected chi connectivity index (χ4v) is 3.43. The predicted octanol–water partition coefficient (Wildman–Crippen LogP) is 2.22. The van der Waals surface area contributed by atoms with Crippen LogP contribution in [0.4, 0.5) is 0 Å². The smallest absolute Gasteiger partial charge is 0.0622 e. The Hall–Kier alpha value is -0.120. The zero-order valence-corrected chi connectivity index (χ0v) is 12.8. The number of rotatable bonds is 2. The van der Waals surface area contributed by atoms with Crippen LogP contribution < -0.4 is 0 Å². The van der Waals surface area contributed by atoms with Gasteiger partial charge in [0.05, 0.1) is 13.2 Å². The topological polar surface area (TPSA) is 15.7 Å². The number of likely N-dealkylation sites (N-methyl/N-ethyl adjacent to an activating group) is 1. The van der Waals surface area contributed by atoms with Crippen LogP contribution in [0.1, 0.15) is 40.0 Å². The van der Waals surface area contributed by atoms with Gasteiger partial charge in [-0.05, 0) is 66.6 Å². The summed E-state index contributed by atoms with van der Waals surface area (Å²) in [5.74, 6) is 0.859. The molecule has 2 saturated heterocycles. The number of hydrogen-bond acceptors (Lipinski definition) is 3. The Labute approximate surface area is 112 Å². The van der Waals surface area contributed by atoms with Gasteiger partial charge in [0.25, 0.3) is 0 Å². The predicted molar refractivity (Wildman–Crippen MR) is 75.9 cm³/mol. The van der Waals surface area contributed by atoms with E-state index in [2.05, 4.69) is 44.7 Å². The van der Waals surface area contributed by atoms with Crippen LogP contribution in [0.15, 0.2) is 0 Å². The summed E-state index contributed by atoms with van der Waals surface area (Å²) in [5.41, 5.74) is 0.364. The van der Waals surface area contributed by atoms with Crippen LogP contribution >= 0.6 is 0 Å². The molecule has 0 aromatic carbocycles. The summed E-state index contributed by atoms with van der Waals surface area (Å²) in [6.45, 7) is 10.1. The summed E-state index contributed by atoms with van der Waals surface area (Å²) in [5, 5.41) is 0. The average molecular weight is 254 g/mol. The van der Waals surface area contributed by atoms with E-state index < -0.39 is 0 Å². The highest BCUT2D eigenvalue weighted by Crippen LogP contribution is 2.34. The molecule has 0 aromatic rings. The van der Waals surface area contributed by atoms with Gasteiger partial charge in [-0.25, -0.2) is 0 Å². The van der Waals surface area contributed by atoms with E-state index >= 15 is 0 Å². The molecule has 3 atom stereocenters. The van der Waals surface area contributed by atoms with Crippen molar-refractivity contribution >= 4 is 0 Å². The highest BCUT2D eigenvalue weighted by molar-refractivity contribution is 4.90. The summed E-state index contributed by atoms with van der Waals surface area (Å²) < 4.78 is 5.73. The number of piperidine rings is 1. The largest absolute Gasteiger partial charge is 0.378 e. The SMILES string of the molecule is C[C@H]1COCC(CC2CCN(C)C(C)(C)C2)N1C. The summed E-state index contributed by atoms with van der Waals surface area (Å²) in [7, 11) is 4.52. The number of likely N-dealkylation sites (tertiary alicyclic amines) is 1. The van der Waals surface area contributed by atoms with Gasteiger partial charge in [-0.15, -0.1) is 0 Å². The minimum absolute atomic E-state index is 0.364. The van der Waals surface area contributed by atoms with Gasteiger partial charge in [-0.3, -0.25) is 4.90 Å². The van der Waals surface area contributed by atoms with Crippen molar-refractivity contribution < 1.29 is 4.74 Å². The maximum atomic E-state index is 5.73. The van der Waals surface area contributed by atoms with E-state index in [4.69, 9.17) is 4.74 Å². The second-order valence-electron chi connectivity index (χ2n) is 7.03. The third-order valence-corrected chi connectivity index (χ3v) is 5.24. The van der Waals surface area contributed by atoms with E-state index in [9.17, 15) is 0 Å². The van der Waals surface area contributed by atoms with Gasteiger partial charge < -0.3 is 9.64 Å². The van der Waals surface area contributed by atoms with Gasteiger partial charge in [0.2, 0.25) is 0 Å². The van der Waals surface area contributed by atoms with E-state index in [0.717, 1.165) is 19.1 Å². The summed E-state index contributed by atoms with van der Waals surface area (Å²) in [4.78, 5) is 5.03. The molecule has 2 aliphatic rings. The third kappa shape index (κ3) is 3.06. The van der Waals surface area contributed by atoms with Gasteiger partial charge in [-0.2, -0.15) is 0 Å². The van der Waals surface area contributed by atoms with Crippen LogP contribution in [0.5, 0.6) is 0 Å². The van der Waals surface area contributed by atoms with Gasteiger partial charge in [0.15, 0.2) is 0 Å². The van der Waals surface area contributed by atoms with Gasteiger partial charge >= 0.3 is 0 Å². The van der Waals surface area contributed by atoms with Crippen molar-refractivity contribution in [1.29, 1.82) is 0 Å². The third-order valence-electron chi connectivity index (χ3n) is 5.24. The van der Waals surface area contributed by atoms with Crippen molar-refractivity contribution in [1.82, 2.24) is 9.80 Å². The maximum Gasteiger partial charge on any atom is 0.0622 e. The molecule has 2 heterocycles. The normalized spacial score (nSPS) is 38.8. The van der Waals surface area contributed by atoms with Crippen molar-refractivity contribution in [3.8, 4) is 0 Å². The lowest BCUT2D eigenvalue weighted by molar-refractivity contribution is -0.0440. The molecule has 2 unspecified atom stereocenters. The zero-order chi connectivity index (χ0) is 13.3. The maximum absolute atomic E-state index is 5.73. The molecular weight excluding hydrogens is 224 g/mol. The fraction of sp³-hybridized carbons (Fsp3) is 1.00. The van der Waals surface area contributed by atoms with Crippen molar-refractivity contribution in [2.75, 3.05) is 33.9 Å². The Kier molecular flexibility index (Phi) is 4.35. The fourth-order valence-electron chi connectivity index (χ4n) is 3.43. The molecule has 106 valence electrons. The van der Waals surface area contributed by atoms with E-state index in [1.165, 1.54) is 25.8 Å². The highest BCUT2D eigenvalue weighted by Gasteiger charge is 2.35. The molecule has 18 heavy (non-hydrogen) atoms. The zero-order valence-electron chi connectivity index (χ0n) is 12.8. The molecule has 0 spiro atoms. The average Bonchev–Trinajstić information content (AvgIpc) is 2.29. The van der Waals surface area contributed by atoms with E-state index in [-0.39, 0.29) is 0 Å². The number of ether oxygens (including phenoxy) is 1.